The number of carbonyl (C=O) groups is 4. The highest BCUT2D eigenvalue weighted by Crippen LogP contribution is 2.49. The third-order valence-electron chi connectivity index (χ3n) is 12.2. The van der Waals surface area contributed by atoms with Crippen LogP contribution in [0.15, 0.2) is 117 Å². The lowest BCUT2D eigenvalue weighted by Crippen LogP contribution is -2.41. The maximum absolute atomic E-state index is 14.6. The Balaban J connectivity index is 1.11. The second-order valence-corrected chi connectivity index (χ2v) is 21.6. The van der Waals surface area contributed by atoms with Crippen molar-refractivity contribution in [2.45, 2.75) is 19.6 Å². The summed E-state index contributed by atoms with van der Waals surface area (Å²) < 4.78 is 137. The van der Waals surface area contributed by atoms with Crippen molar-refractivity contribution in [2.24, 2.45) is 0 Å². The molecule has 2 aliphatic heterocycles. The lowest BCUT2D eigenvalue weighted by Gasteiger charge is -2.31. The summed E-state index contributed by atoms with van der Waals surface area (Å²) in [6.45, 7) is 0. The van der Waals surface area contributed by atoms with Crippen molar-refractivity contribution in [1.29, 1.82) is 0 Å². The van der Waals surface area contributed by atoms with Gasteiger partial charge in [0.15, 0.2) is 0 Å². The van der Waals surface area contributed by atoms with Crippen LogP contribution in [-0.4, -0.2) is 85.7 Å². The molecular weight excluding hydrogens is 973 g/mol. The number of anilines is 2. The van der Waals surface area contributed by atoms with E-state index in [9.17, 15) is 81.3 Å². The number of hydrogen-bond donors (Lipinski definition) is 6. The fourth-order valence-electron chi connectivity index (χ4n) is 9.49. The van der Waals surface area contributed by atoms with Gasteiger partial charge in [-0.2, -0.15) is 33.7 Å². The van der Waals surface area contributed by atoms with Crippen LogP contribution in [0, 0.1) is 0 Å². The Morgan fingerprint density at radius 3 is 0.824 bits per heavy atom. The Kier molecular flexibility index (Phi) is 8.51. The van der Waals surface area contributed by atoms with E-state index >= 15 is 0 Å². The third kappa shape index (κ3) is 5.89. The molecule has 0 spiro atoms. The van der Waals surface area contributed by atoms with Gasteiger partial charge in [-0.05, 0) is 104 Å². The van der Waals surface area contributed by atoms with E-state index in [1.165, 1.54) is 48.5 Å². The summed E-state index contributed by atoms with van der Waals surface area (Å²) in [5, 5.41) is 23.3. The van der Waals surface area contributed by atoms with Gasteiger partial charge in [0.2, 0.25) is 0 Å². The van der Waals surface area contributed by atoms with Gasteiger partial charge >= 0.3 is 0 Å². The normalized spacial score (nSPS) is 14.8. The van der Waals surface area contributed by atoms with E-state index < -0.39 is 117 Å². The van der Waals surface area contributed by atoms with Crippen molar-refractivity contribution in [2.75, 3.05) is 9.80 Å². The second kappa shape index (κ2) is 13.5. The molecule has 0 aromatic heterocycles. The molecule has 24 heteroatoms. The monoisotopic (exact) mass is 994 g/mol. The molecule has 0 radical (unpaired) electrons. The smallest absolute Gasteiger partial charge is 0.294 e. The summed E-state index contributed by atoms with van der Waals surface area (Å²) in [6, 6.07) is 17.4. The number of phenols is 2. The highest BCUT2D eigenvalue weighted by atomic mass is 32.2. The summed E-state index contributed by atoms with van der Waals surface area (Å²) in [5.74, 6) is -5.89. The van der Waals surface area contributed by atoms with Crippen LogP contribution in [0.25, 0.3) is 64.6 Å². The van der Waals surface area contributed by atoms with Crippen molar-refractivity contribution in [3.63, 3.8) is 0 Å². The Labute approximate surface area is 379 Å². The van der Waals surface area contributed by atoms with Gasteiger partial charge < -0.3 is 10.2 Å². The largest absolute Gasteiger partial charge is 0.507 e. The van der Waals surface area contributed by atoms with Crippen molar-refractivity contribution in [3.05, 3.63) is 119 Å². The van der Waals surface area contributed by atoms with Crippen LogP contribution in [0.2, 0.25) is 0 Å². The first-order valence-corrected chi connectivity index (χ1v) is 25.0. The van der Waals surface area contributed by atoms with Crippen LogP contribution in [-0.2, 0) is 40.5 Å². The average Bonchev–Trinajstić information content (AvgIpc) is 3.25. The number of hydrogen-bond acceptors (Lipinski definition) is 14. The number of carbonyl (C=O) groups excluding carboxylic acids is 4. The number of benzene rings is 9. The lowest BCUT2D eigenvalue weighted by molar-refractivity contribution is 0.0878. The van der Waals surface area contributed by atoms with Crippen LogP contribution < -0.4 is 9.80 Å². The summed E-state index contributed by atoms with van der Waals surface area (Å²) in [4.78, 5) is 56.0. The predicted molar refractivity (Wildman–Crippen MR) is 240 cm³/mol. The molecule has 20 nitrogen and oxygen atoms in total. The van der Waals surface area contributed by atoms with E-state index in [0.717, 1.165) is 36.4 Å². The SMILES string of the molecule is O=C1c2ccc3c4ccc5c6c(ccc(c7ccc(c2c37)C(=O)N1c1cc(S(=O)(=O)O)cc2cc(S(=O)(=O)O)cc(O)c12)c64)C(=O)N(c1cc(S(=O)(=O)O)cc2cc(S(=O)(=O)O)cc(O)c12)C5=O. The van der Waals surface area contributed by atoms with Gasteiger partial charge in [-0.25, -0.2) is 9.80 Å². The van der Waals surface area contributed by atoms with Gasteiger partial charge in [0.05, 0.1) is 31.0 Å². The Hall–Kier alpha value is -7.68. The molecule has 9 aromatic carbocycles. The predicted octanol–water partition coefficient (Wildman–Crippen LogP) is 6.04. The molecule has 0 aliphatic carbocycles. The zero-order valence-corrected chi connectivity index (χ0v) is 36.6. The molecule has 0 fully saturated rings. The van der Waals surface area contributed by atoms with Crippen LogP contribution >= 0.6 is 0 Å². The van der Waals surface area contributed by atoms with E-state index in [0.29, 0.717) is 54.2 Å². The fourth-order valence-corrected chi connectivity index (χ4v) is 11.6. The molecule has 11 rings (SSSR count). The molecule has 0 atom stereocenters. The van der Waals surface area contributed by atoms with E-state index in [1.54, 1.807) is 0 Å². The van der Waals surface area contributed by atoms with Gasteiger partial charge in [0, 0.05) is 55.9 Å². The molecule has 6 N–H and O–H groups in total. The Morgan fingerprint density at radius 2 is 0.574 bits per heavy atom. The summed E-state index contributed by atoms with van der Waals surface area (Å²) in [7, 11) is -20.2. The molecular formula is C44H22N2O18S4. The fraction of sp³-hybridized carbons (Fsp3) is 0. The van der Waals surface area contributed by atoms with Crippen LogP contribution in [0.5, 0.6) is 11.5 Å². The first-order chi connectivity index (χ1) is 31.8. The van der Waals surface area contributed by atoms with Crippen LogP contribution in [0.3, 0.4) is 0 Å². The Morgan fingerprint density at radius 1 is 0.324 bits per heavy atom. The maximum Gasteiger partial charge on any atom is 0.294 e. The van der Waals surface area contributed by atoms with Crippen molar-refractivity contribution in [3.8, 4) is 11.5 Å². The van der Waals surface area contributed by atoms with Gasteiger partial charge in [-0.15, -0.1) is 0 Å². The van der Waals surface area contributed by atoms with Gasteiger partial charge in [-0.1, -0.05) is 24.3 Å². The Bertz CT molecular complexity index is 4080. The molecule has 0 saturated heterocycles. The minimum absolute atomic E-state index is 0.0963. The number of phenolic OH excluding ortho intramolecular Hbond substituents is 2. The molecule has 0 bridgehead atoms. The highest BCUT2D eigenvalue weighted by Gasteiger charge is 2.40. The number of amides is 4. The number of imide groups is 2. The molecule has 2 heterocycles. The molecule has 68 heavy (non-hydrogen) atoms. The van der Waals surface area contributed by atoms with Gasteiger partial charge in [0.25, 0.3) is 64.1 Å². The maximum atomic E-state index is 14.6. The lowest BCUT2D eigenvalue weighted by atomic mass is 9.82. The third-order valence-corrected chi connectivity index (χ3v) is 15.5. The van der Waals surface area contributed by atoms with E-state index in [1.807, 2.05) is 0 Å². The molecule has 0 unspecified atom stereocenters. The topological polar surface area (TPSA) is 333 Å². The van der Waals surface area contributed by atoms with E-state index in [2.05, 4.69) is 0 Å². The van der Waals surface area contributed by atoms with Crippen molar-refractivity contribution < 1.29 is 81.3 Å². The zero-order chi connectivity index (χ0) is 48.6. The molecule has 340 valence electrons. The zero-order valence-electron chi connectivity index (χ0n) is 33.3. The number of nitrogens with zero attached hydrogens (tertiary/aromatic N) is 2. The summed E-state index contributed by atoms with van der Waals surface area (Å²) in [5.41, 5.74) is -1.51. The quantitative estimate of drug-likeness (QED) is 0.0478. The number of rotatable bonds is 6. The number of aromatic hydroxyl groups is 2. The van der Waals surface area contributed by atoms with Gasteiger partial charge in [0.1, 0.15) is 11.5 Å². The number of fused-ring (bicyclic) bond motifs is 4. The van der Waals surface area contributed by atoms with Crippen molar-refractivity contribution >= 4 is 140 Å². The van der Waals surface area contributed by atoms with E-state index in [4.69, 9.17) is 0 Å². The minimum atomic E-state index is -5.11. The average molecular weight is 995 g/mol. The first kappa shape index (κ1) is 42.9. The highest BCUT2D eigenvalue weighted by molar-refractivity contribution is 7.86. The molecule has 0 saturated carbocycles. The standard InChI is InChI=1S/C44H22N2O18S4/c47-33-15-21(67(59,60)61)11-17-9-19(65(53,54)55)13-31(35(17)33)45-41(49)27-5-1-23-24-2-6-29-40-30(8-4-26(38(24)40)25-3-7-28(42(45)50)39(27)37(23)25)44(52)46(43(29)51)32-14-20(66(56,57)58)10-18-12-22(68(62,63)64)16-34(48)36(18)32/h1-16,47-48H,(H,53,54,55)(H,56,57,58)(H,59,60,61)(H,62,63,64). The van der Waals surface area contributed by atoms with Gasteiger partial charge in [-0.3, -0.25) is 37.4 Å². The molecule has 4 amide bonds. The molecule has 2 aliphatic rings. The first-order valence-electron chi connectivity index (χ1n) is 19.2. The summed E-state index contributed by atoms with van der Waals surface area (Å²) in [6.07, 6.45) is 0. The summed E-state index contributed by atoms with van der Waals surface area (Å²) >= 11 is 0. The second-order valence-electron chi connectivity index (χ2n) is 15.9. The van der Waals surface area contributed by atoms with Crippen molar-refractivity contribution in [1.82, 2.24) is 0 Å². The van der Waals surface area contributed by atoms with Crippen LogP contribution in [0.4, 0.5) is 11.4 Å². The molecule has 9 aromatic rings. The van der Waals surface area contributed by atoms with E-state index in [-0.39, 0.29) is 43.8 Å². The van der Waals surface area contributed by atoms with Crippen LogP contribution in [0.1, 0.15) is 41.4 Å². The minimum Gasteiger partial charge on any atom is -0.507 e.